The number of benzene rings is 2. The van der Waals surface area contributed by atoms with E-state index in [4.69, 9.17) is 0 Å². The molecule has 1 aliphatic rings. The summed E-state index contributed by atoms with van der Waals surface area (Å²) < 4.78 is 0. The molecule has 0 radical (unpaired) electrons. The van der Waals surface area contributed by atoms with Crippen molar-refractivity contribution in [2.75, 3.05) is 0 Å². The van der Waals surface area contributed by atoms with Crippen LogP contribution in [-0.2, 0) is 11.2 Å². The Labute approximate surface area is 146 Å². The maximum Gasteiger partial charge on any atom is 0.311 e. The zero-order valence-corrected chi connectivity index (χ0v) is 13.6. The van der Waals surface area contributed by atoms with Crippen LogP contribution in [0.3, 0.4) is 0 Å². The standard InChI is InChI=1S/C17H12N2O5S/c20-15-12(9-14-16(21)18-17(22)25-14)7-11(8-13(15)19(23)24)6-10-4-2-1-3-5-10/h1-5,7-9,20H,6H2,(H,18,21,22)/b14-9+. The first-order chi connectivity index (χ1) is 11.9. The molecule has 2 amide bonds. The molecule has 1 fully saturated rings. The molecule has 2 aromatic rings. The van der Waals surface area contributed by atoms with E-state index in [0.29, 0.717) is 23.7 Å². The summed E-state index contributed by atoms with van der Waals surface area (Å²) in [5, 5.41) is 22.9. The zero-order valence-electron chi connectivity index (χ0n) is 12.8. The number of imide groups is 1. The first kappa shape index (κ1) is 16.7. The number of nitrogens with zero attached hydrogens (tertiary/aromatic N) is 1. The first-order valence-corrected chi connectivity index (χ1v) is 8.05. The van der Waals surface area contributed by atoms with Gasteiger partial charge in [0, 0.05) is 11.6 Å². The number of thioether (sulfide) groups is 1. The van der Waals surface area contributed by atoms with Gasteiger partial charge in [-0.2, -0.15) is 0 Å². The lowest BCUT2D eigenvalue weighted by Crippen LogP contribution is -2.17. The number of hydrogen-bond acceptors (Lipinski definition) is 6. The Morgan fingerprint density at radius 2 is 1.88 bits per heavy atom. The SMILES string of the molecule is O=C1NC(=O)/C(=C\c2cc(Cc3ccccc3)cc([N+](=O)[O-])c2O)S1. The van der Waals surface area contributed by atoms with E-state index >= 15 is 0 Å². The highest BCUT2D eigenvalue weighted by Gasteiger charge is 2.26. The number of amides is 2. The number of hydrogen-bond donors (Lipinski definition) is 2. The van der Waals surface area contributed by atoms with Crippen molar-refractivity contribution in [3.63, 3.8) is 0 Å². The summed E-state index contributed by atoms with van der Waals surface area (Å²) in [6, 6.07) is 12.2. The minimum absolute atomic E-state index is 0.0754. The molecule has 0 spiro atoms. The van der Waals surface area contributed by atoms with E-state index < -0.39 is 27.5 Å². The molecule has 0 aromatic heterocycles. The molecular weight excluding hydrogens is 344 g/mol. The fourth-order valence-electron chi connectivity index (χ4n) is 2.45. The molecule has 2 N–H and O–H groups in total. The number of phenols is 1. The van der Waals surface area contributed by atoms with Crippen LogP contribution in [0, 0.1) is 10.1 Å². The van der Waals surface area contributed by atoms with Crippen LogP contribution in [-0.4, -0.2) is 21.2 Å². The maximum absolute atomic E-state index is 11.7. The number of carbonyl (C=O) groups excluding carboxylic acids is 2. The highest BCUT2D eigenvalue weighted by Crippen LogP contribution is 2.35. The number of nitro benzene ring substituents is 1. The normalized spacial score (nSPS) is 15.4. The van der Waals surface area contributed by atoms with Gasteiger partial charge in [-0.05, 0) is 41.5 Å². The van der Waals surface area contributed by atoms with Crippen molar-refractivity contribution in [2.24, 2.45) is 0 Å². The summed E-state index contributed by atoms with van der Waals surface area (Å²) in [6.07, 6.45) is 1.71. The summed E-state index contributed by atoms with van der Waals surface area (Å²) in [4.78, 5) is 33.5. The van der Waals surface area contributed by atoms with Gasteiger partial charge in [0.2, 0.25) is 5.75 Å². The molecule has 2 aromatic carbocycles. The quantitative estimate of drug-likeness (QED) is 0.494. The number of phenolic OH excluding ortho intramolecular Hbond substituents is 1. The van der Waals surface area contributed by atoms with Crippen molar-refractivity contribution in [3.05, 3.63) is 74.2 Å². The molecule has 1 heterocycles. The van der Waals surface area contributed by atoms with E-state index in [9.17, 15) is 24.8 Å². The van der Waals surface area contributed by atoms with Crippen LogP contribution in [0.2, 0.25) is 0 Å². The number of nitrogens with one attached hydrogen (secondary N) is 1. The Kier molecular flexibility index (Phi) is 4.53. The highest BCUT2D eigenvalue weighted by molar-refractivity contribution is 8.18. The second-order valence-corrected chi connectivity index (χ2v) is 6.34. The number of nitro groups is 1. The van der Waals surface area contributed by atoms with Gasteiger partial charge in [-0.3, -0.25) is 25.0 Å². The molecule has 1 aliphatic heterocycles. The average molecular weight is 356 g/mol. The second kappa shape index (κ2) is 6.78. The lowest BCUT2D eigenvalue weighted by molar-refractivity contribution is -0.385. The van der Waals surface area contributed by atoms with Gasteiger partial charge in [-0.25, -0.2) is 0 Å². The van der Waals surface area contributed by atoms with E-state index in [0.717, 1.165) is 5.56 Å². The van der Waals surface area contributed by atoms with Crippen molar-refractivity contribution >= 4 is 34.7 Å². The van der Waals surface area contributed by atoms with Gasteiger partial charge in [0.25, 0.3) is 11.1 Å². The van der Waals surface area contributed by atoms with Crippen molar-refractivity contribution in [3.8, 4) is 5.75 Å². The first-order valence-electron chi connectivity index (χ1n) is 7.23. The van der Waals surface area contributed by atoms with Crippen LogP contribution >= 0.6 is 11.8 Å². The van der Waals surface area contributed by atoms with Crippen LogP contribution < -0.4 is 5.32 Å². The van der Waals surface area contributed by atoms with Crippen molar-refractivity contribution in [1.82, 2.24) is 5.32 Å². The van der Waals surface area contributed by atoms with Crippen LogP contribution in [0.15, 0.2) is 47.4 Å². The highest BCUT2D eigenvalue weighted by atomic mass is 32.2. The van der Waals surface area contributed by atoms with Crippen LogP contribution in [0.1, 0.15) is 16.7 Å². The number of aromatic hydroxyl groups is 1. The van der Waals surface area contributed by atoms with E-state index in [2.05, 4.69) is 5.32 Å². The fraction of sp³-hybridized carbons (Fsp3) is 0.0588. The fourth-order valence-corrected chi connectivity index (χ4v) is 3.12. The summed E-state index contributed by atoms with van der Waals surface area (Å²) >= 11 is 0.682. The Hall–Kier alpha value is -3.13. The lowest BCUT2D eigenvalue weighted by Gasteiger charge is -2.07. The van der Waals surface area contributed by atoms with E-state index in [1.165, 1.54) is 12.1 Å². The van der Waals surface area contributed by atoms with Gasteiger partial charge >= 0.3 is 5.69 Å². The van der Waals surface area contributed by atoms with Crippen LogP contribution in [0.25, 0.3) is 6.08 Å². The second-order valence-electron chi connectivity index (χ2n) is 5.32. The molecule has 3 rings (SSSR count). The maximum atomic E-state index is 11.7. The van der Waals surface area contributed by atoms with Crippen molar-refractivity contribution in [2.45, 2.75) is 6.42 Å². The van der Waals surface area contributed by atoms with E-state index in [1.54, 1.807) is 6.07 Å². The molecule has 1 saturated heterocycles. The average Bonchev–Trinajstić information content (AvgIpc) is 2.88. The lowest BCUT2D eigenvalue weighted by atomic mass is 10.0. The third-order valence-corrected chi connectivity index (χ3v) is 4.37. The predicted molar refractivity (Wildman–Crippen MR) is 93.1 cm³/mol. The third kappa shape index (κ3) is 3.69. The molecule has 25 heavy (non-hydrogen) atoms. The van der Waals surface area contributed by atoms with E-state index in [-0.39, 0.29) is 10.5 Å². The summed E-state index contributed by atoms with van der Waals surface area (Å²) in [5.74, 6) is -1.13. The minimum Gasteiger partial charge on any atom is -0.502 e. The summed E-state index contributed by atoms with van der Waals surface area (Å²) in [6.45, 7) is 0. The number of rotatable bonds is 4. The van der Waals surface area contributed by atoms with Gasteiger partial charge in [0.15, 0.2) is 0 Å². The Morgan fingerprint density at radius 3 is 2.48 bits per heavy atom. The van der Waals surface area contributed by atoms with Gasteiger partial charge in [0.05, 0.1) is 9.83 Å². The third-order valence-electron chi connectivity index (χ3n) is 3.56. The molecule has 126 valence electrons. The molecular formula is C17H12N2O5S. The molecule has 0 unspecified atom stereocenters. The van der Waals surface area contributed by atoms with Crippen molar-refractivity contribution in [1.29, 1.82) is 0 Å². The van der Waals surface area contributed by atoms with Gasteiger partial charge in [-0.15, -0.1) is 0 Å². The van der Waals surface area contributed by atoms with Gasteiger partial charge in [0.1, 0.15) is 0 Å². The van der Waals surface area contributed by atoms with Gasteiger partial charge in [-0.1, -0.05) is 30.3 Å². The molecule has 0 saturated carbocycles. The Bertz CT molecular complexity index is 909. The molecule has 7 nitrogen and oxygen atoms in total. The number of carbonyl (C=O) groups is 2. The summed E-state index contributed by atoms with van der Waals surface area (Å²) in [7, 11) is 0. The zero-order chi connectivity index (χ0) is 18.0. The Balaban J connectivity index is 2.05. The molecule has 0 atom stereocenters. The summed E-state index contributed by atoms with van der Waals surface area (Å²) in [5.41, 5.74) is 1.23. The smallest absolute Gasteiger partial charge is 0.311 e. The van der Waals surface area contributed by atoms with Crippen molar-refractivity contribution < 1.29 is 19.6 Å². The van der Waals surface area contributed by atoms with E-state index in [1.807, 2.05) is 30.3 Å². The molecule has 0 aliphatic carbocycles. The van der Waals surface area contributed by atoms with Gasteiger partial charge < -0.3 is 5.11 Å². The van der Waals surface area contributed by atoms with Crippen LogP contribution in [0.4, 0.5) is 10.5 Å². The molecule has 0 bridgehead atoms. The minimum atomic E-state index is -0.682. The Morgan fingerprint density at radius 1 is 1.16 bits per heavy atom. The largest absolute Gasteiger partial charge is 0.502 e. The monoisotopic (exact) mass is 356 g/mol. The van der Waals surface area contributed by atoms with Crippen LogP contribution in [0.5, 0.6) is 5.75 Å². The predicted octanol–water partition coefficient (Wildman–Crippen LogP) is 3.22. The molecule has 8 heteroatoms. The topological polar surface area (TPSA) is 110 Å².